The van der Waals surface area contributed by atoms with Gasteiger partial charge < -0.3 is 15.1 Å². The Hall–Kier alpha value is -3.15. The van der Waals surface area contributed by atoms with Gasteiger partial charge in [0, 0.05) is 43.3 Å². The van der Waals surface area contributed by atoms with Gasteiger partial charge in [-0.15, -0.1) is 0 Å². The molecule has 1 aliphatic heterocycles. The van der Waals surface area contributed by atoms with Crippen molar-refractivity contribution in [1.29, 1.82) is 0 Å². The first kappa shape index (κ1) is 21.1. The second-order valence-corrected chi connectivity index (χ2v) is 8.27. The van der Waals surface area contributed by atoms with Crippen molar-refractivity contribution < 1.29 is 14.4 Å². The molecule has 0 bridgehead atoms. The molecular formula is C25H29N3O3. The number of nitrogens with one attached hydrogen (secondary N) is 1. The smallest absolute Gasteiger partial charge is 0.254 e. The van der Waals surface area contributed by atoms with Crippen molar-refractivity contribution in [3.05, 3.63) is 71.8 Å². The van der Waals surface area contributed by atoms with Gasteiger partial charge in [0.1, 0.15) is 0 Å². The van der Waals surface area contributed by atoms with Crippen molar-refractivity contribution in [2.45, 2.75) is 31.7 Å². The van der Waals surface area contributed by atoms with Crippen LogP contribution in [0.1, 0.15) is 46.4 Å². The first-order chi connectivity index (χ1) is 15.1. The second-order valence-electron chi connectivity index (χ2n) is 8.27. The predicted molar refractivity (Wildman–Crippen MR) is 119 cm³/mol. The summed E-state index contributed by atoms with van der Waals surface area (Å²) in [5.41, 5.74) is 1.28. The molecule has 2 aromatic rings. The van der Waals surface area contributed by atoms with E-state index < -0.39 is 0 Å². The van der Waals surface area contributed by atoms with Gasteiger partial charge in [-0.25, -0.2) is 0 Å². The summed E-state index contributed by atoms with van der Waals surface area (Å²) in [6.45, 7) is 1.96. The lowest BCUT2D eigenvalue weighted by molar-refractivity contribution is -0.126. The Balaban J connectivity index is 1.56. The average molecular weight is 420 g/mol. The van der Waals surface area contributed by atoms with Crippen molar-refractivity contribution >= 4 is 17.7 Å². The van der Waals surface area contributed by atoms with Crippen molar-refractivity contribution in [1.82, 2.24) is 15.1 Å². The van der Waals surface area contributed by atoms with Gasteiger partial charge in [-0.05, 0) is 43.5 Å². The Bertz CT molecular complexity index is 916. The summed E-state index contributed by atoms with van der Waals surface area (Å²) in [6.07, 6.45) is 3.25. The maximum Gasteiger partial charge on any atom is 0.254 e. The lowest BCUT2D eigenvalue weighted by Crippen LogP contribution is -2.47. The molecule has 0 spiro atoms. The molecule has 6 heteroatoms. The van der Waals surface area contributed by atoms with Crippen molar-refractivity contribution in [2.75, 3.05) is 26.2 Å². The molecule has 6 nitrogen and oxygen atoms in total. The van der Waals surface area contributed by atoms with Gasteiger partial charge in [-0.2, -0.15) is 0 Å². The highest BCUT2D eigenvalue weighted by Crippen LogP contribution is 2.31. The van der Waals surface area contributed by atoms with Gasteiger partial charge in [0.15, 0.2) is 0 Å². The quantitative estimate of drug-likeness (QED) is 0.814. The van der Waals surface area contributed by atoms with Crippen molar-refractivity contribution in [3.63, 3.8) is 0 Å². The topological polar surface area (TPSA) is 69.7 Å². The van der Waals surface area contributed by atoms with E-state index in [9.17, 15) is 14.4 Å². The predicted octanol–water partition coefficient (Wildman–Crippen LogP) is 2.96. The molecule has 1 heterocycles. The molecular weight excluding hydrogens is 390 g/mol. The van der Waals surface area contributed by atoms with Crippen LogP contribution in [0.5, 0.6) is 0 Å². The van der Waals surface area contributed by atoms with E-state index in [1.165, 1.54) is 0 Å². The molecule has 3 amide bonds. The summed E-state index contributed by atoms with van der Waals surface area (Å²) in [7, 11) is 0. The minimum absolute atomic E-state index is 0.0117. The molecule has 2 fully saturated rings. The molecule has 1 N–H and O–H groups in total. The summed E-state index contributed by atoms with van der Waals surface area (Å²) >= 11 is 0. The van der Waals surface area contributed by atoms with Crippen molar-refractivity contribution in [3.8, 4) is 0 Å². The number of carbonyl (C=O) groups is 3. The molecule has 2 aliphatic rings. The number of hydrogen-bond acceptors (Lipinski definition) is 3. The molecule has 4 rings (SSSR count). The molecule has 31 heavy (non-hydrogen) atoms. The van der Waals surface area contributed by atoms with Crippen LogP contribution in [0.2, 0.25) is 0 Å². The van der Waals surface area contributed by atoms with E-state index in [2.05, 4.69) is 5.32 Å². The van der Waals surface area contributed by atoms with Gasteiger partial charge in [-0.1, -0.05) is 42.8 Å². The first-order valence-corrected chi connectivity index (χ1v) is 11.1. The van der Waals surface area contributed by atoms with E-state index in [0.29, 0.717) is 43.7 Å². The van der Waals surface area contributed by atoms with Gasteiger partial charge in [0.05, 0.1) is 5.92 Å². The summed E-state index contributed by atoms with van der Waals surface area (Å²) in [6, 6.07) is 18.4. The lowest BCUT2D eigenvalue weighted by Gasteiger charge is -2.33. The zero-order valence-electron chi connectivity index (χ0n) is 17.7. The molecule has 2 atom stereocenters. The molecule has 1 saturated carbocycles. The summed E-state index contributed by atoms with van der Waals surface area (Å²) < 4.78 is 0. The van der Waals surface area contributed by atoms with Crippen LogP contribution in [-0.4, -0.2) is 59.7 Å². The minimum Gasteiger partial charge on any atom is -0.354 e. The largest absolute Gasteiger partial charge is 0.354 e. The second kappa shape index (κ2) is 9.77. The van der Waals surface area contributed by atoms with Gasteiger partial charge in [-0.3, -0.25) is 14.4 Å². The number of amides is 3. The Labute approximate surface area is 183 Å². The normalized spacial score (nSPS) is 22.3. The third kappa shape index (κ3) is 4.79. The minimum atomic E-state index is -0.191. The summed E-state index contributed by atoms with van der Waals surface area (Å²) in [5.74, 6) is -0.285. The lowest BCUT2D eigenvalue weighted by atomic mass is 9.99. The van der Waals surface area contributed by atoms with Crippen LogP contribution < -0.4 is 5.32 Å². The van der Waals surface area contributed by atoms with E-state index >= 15 is 0 Å². The number of carbonyl (C=O) groups excluding carboxylic acids is 3. The fourth-order valence-corrected chi connectivity index (χ4v) is 4.74. The third-order valence-electron chi connectivity index (χ3n) is 6.31. The fourth-order valence-electron chi connectivity index (χ4n) is 4.74. The van der Waals surface area contributed by atoms with Crippen molar-refractivity contribution in [2.24, 2.45) is 5.92 Å². The number of benzene rings is 2. The highest BCUT2D eigenvalue weighted by Gasteiger charge is 2.39. The Morgan fingerprint density at radius 2 is 1.42 bits per heavy atom. The number of fused-ring (bicyclic) bond motifs is 1. The number of nitrogens with zero attached hydrogens (tertiary/aromatic N) is 2. The van der Waals surface area contributed by atoms with Gasteiger partial charge in [0.25, 0.3) is 11.8 Å². The van der Waals surface area contributed by atoms with Crippen LogP contribution in [0, 0.1) is 5.92 Å². The fraction of sp³-hybridized carbons (Fsp3) is 0.400. The zero-order chi connectivity index (χ0) is 21.6. The summed E-state index contributed by atoms with van der Waals surface area (Å²) in [4.78, 5) is 42.9. The van der Waals surface area contributed by atoms with Gasteiger partial charge in [0.2, 0.25) is 5.91 Å². The third-order valence-corrected chi connectivity index (χ3v) is 6.31. The van der Waals surface area contributed by atoms with E-state index in [1.807, 2.05) is 65.6 Å². The van der Waals surface area contributed by atoms with E-state index in [-0.39, 0.29) is 29.7 Å². The van der Waals surface area contributed by atoms with Crippen LogP contribution >= 0.6 is 0 Å². The molecule has 0 unspecified atom stereocenters. The molecule has 162 valence electrons. The van der Waals surface area contributed by atoms with E-state index in [4.69, 9.17) is 0 Å². The van der Waals surface area contributed by atoms with Crippen LogP contribution in [0.15, 0.2) is 60.7 Å². The molecule has 0 radical (unpaired) electrons. The van der Waals surface area contributed by atoms with Crippen LogP contribution in [0.25, 0.3) is 0 Å². The highest BCUT2D eigenvalue weighted by atomic mass is 16.2. The highest BCUT2D eigenvalue weighted by molar-refractivity contribution is 5.95. The van der Waals surface area contributed by atoms with Crippen LogP contribution in [0.3, 0.4) is 0 Å². The Morgan fingerprint density at radius 3 is 2.10 bits per heavy atom. The van der Waals surface area contributed by atoms with Gasteiger partial charge >= 0.3 is 0 Å². The Morgan fingerprint density at radius 1 is 0.774 bits per heavy atom. The standard InChI is InChI=1S/C25H29N3O3/c29-23-21-13-7-14-22(21)28(25(31)20-11-5-2-6-12-20)17-8-16-27(18-15-26-23)24(30)19-9-3-1-4-10-19/h1-6,9-12,21-22H,7-8,13-18H2,(H,26,29)/t21-,22+/m1/s1. The number of hydrogen-bond donors (Lipinski definition) is 1. The van der Waals surface area contributed by atoms with Crippen LogP contribution in [0.4, 0.5) is 0 Å². The summed E-state index contributed by atoms with van der Waals surface area (Å²) in [5, 5.41) is 3.02. The van der Waals surface area contributed by atoms with Crippen LogP contribution in [-0.2, 0) is 4.79 Å². The average Bonchev–Trinajstić information content (AvgIpc) is 3.29. The maximum atomic E-state index is 13.3. The number of rotatable bonds is 2. The zero-order valence-corrected chi connectivity index (χ0v) is 17.7. The SMILES string of the molecule is O=C1NCCN(C(=O)c2ccccc2)CCCN(C(=O)c2ccccc2)[C@H]2CCC[C@@H]12. The monoisotopic (exact) mass is 419 g/mol. The Kier molecular flexibility index (Phi) is 6.65. The molecule has 2 aromatic carbocycles. The molecule has 1 saturated heterocycles. The maximum absolute atomic E-state index is 13.3. The molecule has 1 aliphatic carbocycles. The van der Waals surface area contributed by atoms with E-state index in [1.54, 1.807) is 4.90 Å². The molecule has 0 aromatic heterocycles. The van der Waals surface area contributed by atoms with E-state index in [0.717, 1.165) is 19.3 Å². The first-order valence-electron chi connectivity index (χ1n) is 11.1.